The lowest BCUT2D eigenvalue weighted by atomic mass is 9.99. The van der Waals surface area contributed by atoms with Gasteiger partial charge in [0.25, 0.3) is 0 Å². The van der Waals surface area contributed by atoms with Gasteiger partial charge in [0.15, 0.2) is 0 Å². The van der Waals surface area contributed by atoms with E-state index < -0.39 is 0 Å². The third-order valence-corrected chi connectivity index (χ3v) is 4.49. The summed E-state index contributed by atoms with van der Waals surface area (Å²) in [6.45, 7) is 2.01. The molecule has 0 aromatic carbocycles. The zero-order valence-electron chi connectivity index (χ0n) is 9.41. The van der Waals surface area contributed by atoms with Crippen molar-refractivity contribution in [2.75, 3.05) is 0 Å². The van der Waals surface area contributed by atoms with E-state index in [2.05, 4.69) is 37.7 Å². The van der Waals surface area contributed by atoms with Crippen LogP contribution in [0.2, 0.25) is 0 Å². The number of aryl methyl sites for hydroxylation is 1. The Labute approximate surface area is 99.4 Å². The summed E-state index contributed by atoms with van der Waals surface area (Å²) in [5.74, 6) is 2.70. The first kappa shape index (κ1) is 11.1. The molecule has 0 amide bonds. The molecule has 2 unspecified atom stereocenters. The Balaban J connectivity index is 2.24. The second-order valence-electron chi connectivity index (χ2n) is 4.42. The molecule has 0 aliphatic heterocycles. The molecule has 1 aromatic rings. The molecule has 0 radical (unpaired) electrons. The summed E-state index contributed by atoms with van der Waals surface area (Å²) < 4.78 is 2.13. The van der Waals surface area contributed by atoms with Crippen LogP contribution in [0.4, 0.5) is 0 Å². The van der Waals surface area contributed by atoms with Gasteiger partial charge in [-0.1, -0.05) is 35.2 Å². The van der Waals surface area contributed by atoms with E-state index in [4.69, 9.17) is 0 Å². The molecule has 1 saturated carbocycles. The van der Waals surface area contributed by atoms with Gasteiger partial charge >= 0.3 is 0 Å². The average Bonchev–Trinajstić information content (AvgIpc) is 2.43. The van der Waals surface area contributed by atoms with E-state index in [9.17, 15) is 0 Å². The highest BCUT2D eigenvalue weighted by molar-refractivity contribution is 9.09. The average molecular weight is 272 g/mol. The first-order chi connectivity index (χ1) is 7.20. The monoisotopic (exact) mass is 271 g/mol. The van der Waals surface area contributed by atoms with E-state index in [0.717, 1.165) is 11.6 Å². The predicted molar refractivity (Wildman–Crippen MR) is 64.3 cm³/mol. The van der Waals surface area contributed by atoms with E-state index in [-0.39, 0.29) is 0 Å². The van der Waals surface area contributed by atoms with Crippen molar-refractivity contribution in [2.45, 2.75) is 49.8 Å². The SMILES string of the molecule is Cc1nnc(C2CCCCCC2Br)n1C. The van der Waals surface area contributed by atoms with Crippen molar-refractivity contribution >= 4 is 15.9 Å². The minimum absolute atomic E-state index is 0.540. The topological polar surface area (TPSA) is 30.7 Å². The summed E-state index contributed by atoms with van der Waals surface area (Å²) in [4.78, 5) is 0.572. The van der Waals surface area contributed by atoms with Gasteiger partial charge in [0.1, 0.15) is 11.6 Å². The van der Waals surface area contributed by atoms with Crippen molar-refractivity contribution in [3.8, 4) is 0 Å². The van der Waals surface area contributed by atoms with Crippen LogP contribution in [0.3, 0.4) is 0 Å². The van der Waals surface area contributed by atoms with Crippen molar-refractivity contribution in [2.24, 2.45) is 7.05 Å². The molecule has 4 heteroatoms. The van der Waals surface area contributed by atoms with Crippen LogP contribution in [0.25, 0.3) is 0 Å². The molecule has 3 nitrogen and oxygen atoms in total. The van der Waals surface area contributed by atoms with Crippen molar-refractivity contribution in [1.82, 2.24) is 14.8 Å². The molecule has 2 atom stereocenters. The molecule has 1 aromatic heterocycles. The fourth-order valence-electron chi connectivity index (χ4n) is 2.30. The maximum Gasteiger partial charge on any atom is 0.136 e. The van der Waals surface area contributed by atoms with E-state index in [0.29, 0.717) is 10.7 Å². The number of aromatic nitrogens is 3. The van der Waals surface area contributed by atoms with E-state index >= 15 is 0 Å². The smallest absolute Gasteiger partial charge is 0.136 e. The number of halogens is 1. The Hall–Kier alpha value is -0.380. The van der Waals surface area contributed by atoms with Gasteiger partial charge in [0.2, 0.25) is 0 Å². The molecule has 0 spiro atoms. The van der Waals surface area contributed by atoms with Gasteiger partial charge in [0.05, 0.1) is 0 Å². The summed E-state index contributed by atoms with van der Waals surface area (Å²) in [5, 5.41) is 8.46. The summed E-state index contributed by atoms with van der Waals surface area (Å²) in [7, 11) is 2.06. The molecule has 1 fully saturated rings. The highest BCUT2D eigenvalue weighted by atomic mass is 79.9. The Bertz CT molecular complexity index is 335. The van der Waals surface area contributed by atoms with Crippen LogP contribution in [-0.2, 0) is 7.05 Å². The largest absolute Gasteiger partial charge is 0.318 e. The van der Waals surface area contributed by atoms with Gasteiger partial charge in [-0.2, -0.15) is 0 Å². The Morgan fingerprint density at radius 1 is 1.20 bits per heavy atom. The summed E-state index contributed by atoms with van der Waals surface area (Å²) in [6, 6.07) is 0. The van der Waals surface area contributed by atoms with Crippen LogP contribution in [0.1, 0.15) is 49.7 Å². The second-order valence-corrected chi connectivity index (χ2v) is 5.60. The maximum atomic E-state index is 4.31. The van der Waals surface area contributed by atoms with Crippen LogP contribution < -0.4 is 0 Å². The van der Waals surface area contributed by atoms with Crippen LogP contribution in [0.15, 0.2) is 0 Å². The van der Waals surface area contributed by atoms with Gasteiger partial charge in [-0.15, -0.1) is 10.2 Å². The molecule has 15 heavy (non-hydrogen) atoms. The molecule has 1 heterocycles. The molecular formula is C11H18BrN3. The number of nitrogens with zero attached hydrogens (tertiary/aromatic N) is 3. The molecule has 0 bridgehead atoms. The molecule has 0 N–H and O–H groups in total. The first-order valence-corrected chi connectivity index (χ1v) is 6.61. The molecule has 1 aliphatic carbocycles. The van der Waals surface area contributed by atoms with Crippen molar-refractivity contribution in [3.63, 3.8) is 0 Å². The lowest BCUT2D eigenvalue weighted by Crippen LogP contribution is -2.15. The Morgan fingerprint density at radius 2 is 1.93 bits per heavy atom. The zero-order chi connectivity index (χ0) is 10.8. The third-order valence-electron chi connectivity index (χ3n) is 3.39. The van der Waals surface area contributed by atoms with E-state index in [1.54, 1.807) is 0 Å². The van der Waals surface area contributed by atoms with Gasteiger partial charge in [-0.25, -0.2) is 0 Å². The Morgan fingerprint density at radius 3 is 2.60 bits per heavy atom. The van der Waals surface area contributed by atoms with E-state index in [1.165, 1.54) is 32.1 Å². The van der Waals surface area contributed by atoms with Crippen LogP contribution in [0.5, 0.6) is 0 Å². The molecule has 2 rings (SSSR count). The highest BCUT2D eigenvalue weighted by Gasteiger charge is 2.26. The standard InChI is InChI=1S/C11H18BrN3/c1-8-13-14-11(15(8)2)9-6-4-3-5-7-10(9)12/h9-10H,3-7H2,1-2H3. The predicted octanol–water partition coefficient (Wildman–Crippen LogP) is 2.93. The number of alkyl halides is 1. The molecule has 0 saturated heterocycles. The molecule has 84 valence electrons. The summed E-state index contributed by atoms with van der Waals surface area (Å²) >= 11 is 3.80. The fraction of sp³-hybridized carbons (Fsp3) is 0.818. The molecular weight excluding hydrogens is 254 g/mol. The van der Waals surface area contributed by atoms with E-state index in [1.807, 2.05) is 6.92 Å². The minimum atomic E-state index is 0.540. The van der Waals surface area contributed by atoms with Crippen LogP contribution in [0, 0.1) is 6.92 Å². The fourth-order valence-corrected chi connectivity index (χ4v) is 3.12. The van der Waals surface area contributed by atoms with Crippen molar-refractivity contribution in [1.29, 1.82) is 0 Å². The first-order valence-electron chi connectivity index (χ1n) is 5.70. The van der Waals surface area contributed by atoms with Crippen LogP contribution >= 0.6 is 15.9 Å². The molecule has 1 aliphatic rings. The normalized spacial score (nSPS) is 27.7. The number of rotatable bonds is 1. The van der Waals surface area contributed by atoms with Gasteiger partial charge in [-0.05, 0) is 19.8 Å². The second kappa shape index (κ2) is 4.64. The number of hydrogen-bond acceptors (Lipinski definition) is 2. The number of hydrogen-bond donors (Lipinski definition) is 0. The summed E-state index contributed by atoms with van der Waals surface area (Å²) in [6.07, 6.45) is 6.51. The quantitative estimate of drug-likeness (QED) is 0.581. The van der Waals surface area contributed by atoms with Gasteiger partial charge in [-0.3, -0.25) is 0 Å². The minimum Gasteiger partial charge on any atom is -0.318 e. The highest BCUT2D eigenvalue weighted by Crippen LogP contribution is 2.35. The third kappa shape index (κ3) is 2.25. The summed E-state index contributed by atoms with van der Waals surface area (Å²) in [5.41, 5.74) is 0. The van der Waals surface area contributed by atoms with Gasteiger partial charge < -0.3 is 4.57 Å². The zero-order valence-corrected chi connectivity index (χ0v) is 11.0. The Kier molecular flexibility index (Phi) is 3.44. The maximum absolute atomic E-state index is 4.31. The van der Waals surface area contributed by atoms with Crippen LogP contribution in [-0.4, -0.2) is 19.6 Å². The lowest BCUT2D eigenvalue weighted by molar-refractivity contribution is 0.555. The van der Waals surface area contributed by atoms with Crippen molar-refractivity contribution in [3.05, 3.63) is 11.6 Å². The van der Waals surface area contributed by atoms with Gasteiger partial charge in [0, 0.05) is 17.8 Å². The van der Waals surface area contributed by atoms with Crippen molar-refractivity contribution < 1.29 is 0 Å². The lowest BCUT2D eigenvalue weighted by Gasteiger charge is -2.18.